The van der Waals surface area contributed by atoms with Crippen LogP contribution in [-0.4, -0.2) is 53.0 Å². The first kappa shape index (κ1) is 16.7. The summed E-state index contributed by atoms with van der Waals surface area (Å²) in [7, 11) is 0. The molecule has 3 rings (SSSR count). The molecule has 0 unspecified atom stereocenters. The van der Waals surface area contributed by atoms with Crippen LogP contribution in [0.2, 0.25) is 0 Å². The Morgan fingerprint density at radius 3 is 2.60 bits per heavy atom. The lowest BCUT2D eigenvalue weighted by Crippen LogP contribution is -2.37. The van der Waals surface area contributed by atoms with Crippen LogP contribution >= 0.6 is 0 Å². The number of hydrogen-bond donors (Lipinski definition) is 1. The molecule has 3 amide bonds. The zero-order valence-corrected chi connectivity index (χ0v) is 13.9. The Morgan fingerprint density at radius 1 is 1.20 bits per heavy atom. The molecule has 130 valence electrons. The van der Waals surface area contributed by atoms with Crippen molar-refractivity contribution < 1.29 is 14.3 Å². The molecule has 25 heavy (non-hydrogen) atoms. The number of aromatic nitrogens is 2. The number of nitrogens with zero attached hydrogens (tertiary/aromatic N) is 4. The number of rotatable bonds is 6. The highest BCUT2D eigenvalue weighted by molar-refractivity contribution is 5.98. The molecule has 8 nitrogen and oxygen atoms in total. The zero-order chi connectivity index (χ0) is 17.6. The average molecular weight is 341 g/mol. The minimum Gasteiger partial charge on any atom is -0.494 e. The zero-order valence-electron chi connectivity index (χ0n) is 13.9. The first-order valence-electron chi connectivity index (χ1n) is 8.03. The van der Waals surface area contributed by atoms with Gasteiger partial charge in [-0.15, -0.1) is 0 Å². The van der Waals surface area contributed by atoms with Gasteiger partial charge >= 0.3 is 6.03 Å². The van der Waals surface area contributed by atoms with Gasteiger partial charge in [-0.05, 0) is 37.3 Å². The number of carbonyl (C=O) groups excluding carboxylic acids is 2. The molecule has 1 fully saturated rings. The van der Waals surface area contributed by atoms with Crippen molar-refractivity contribution in [3.05, 3.63) is 42.7 Å². The van der Waals surface area contributed by atoms with Crippen molar-refractivity contribution in [2.24, 2.45) is 0 Å². The lowest BCUT2D eigenvalue weighted by atomic mass is 10.3. The van der Waals surface area contributed by atoms with Crippen molar-refractivity contribution in [3.8, 4) is 5.75 Å². The highest BCUT2D eigenvalue weighted by Gasteiger charge is 2.30. The minimum atomic E-state index is -0.326. The van der Waals surface area contributed by atoms with Gasteiger partial charge in [0.1, 0.15) is 12.3 Å². The quantitative estimate of drug-likeness (QED) is 0.865. The van der Waals surface area contributed by atoms with E-state index in [9.17, 15) is 9.59 Å². The molecule has 1 aromatic carbocycles. The molecule has 0 aliphatic carbocycles. The number of ether oxygens (including phenoxy) is 1. The molecule has 1 N–H and O–H groups in total. The summed E-state index contributed by atoms with van der Waals surface area (Å²) in [6, 6.07) is 8.79. The molecule has 0 spiro atoms. The molecule has 2 aromatic rings. The summed E-state index contributed by atoms with van der Waals surface area (Å²) in [5.74, 6) is 0.660. The lowest BCUT2D eigenvalue weighted by molar-refractivity contribution is -0.116. The van der Waals surface area contributed by atoms with Crippen LogP contribution in [0, 0.1) is 0 Å². The molecule has 1 aromatic heterocycles. The number of amides is 3. The van der Waals surface area contributed by atoms with E-state index in [-0.39, 0.29) is 24.4 Å². The molecule has 0 saturated carbocycles. The monoisotopic (exact) mass is 341 g/mol. The number of urea groups is 1. The predicted octanol–water partition coefficient (Wildman–Crippen LogP) is 1.76. The number of anilines is 2. The largest absolute Gasteiger partial charge is 0.494 e. The molecule has 1 aliphatic heterocycles. The van der Waals surface area contributed by atoms with Gasteiger partial charge in [-0.2, -0.15) is 0 Å². The maximum Gasteiger partial charge on any atom is 0.325 e. The van der Waals surface area contributed by atoms with Crippen LogP contribution in [0.15, 0.2) is 42.7 Å². The van der Waals surface area contributed by atoms with Gasteiger partial charge in [0.2, 0.25) is 11.9 Å². The van der Waals surface area contributed by atoms with E-state index in [1.165, 1.54) is 17.3 Å². The Bertz CT molecular complexity index is 736. The van der Waals surface area contributed by atoms with Crippen LogP contribution in [0.3, 0.4) is 0 Å². The molecule has 8 heteroatoms. The van der Waals surface area contributed by atoms with Gasteiger partial charge in [0, 0.05) is 31.2 Å². The molecule has 0 atom stereocenters. The van der Waals surface area contributed by atoms with Crippen molar-refractivity contribution >= 4 is 23.6 Å². The fourth-order valence-electron chi connectivity index (χ4n) is 2.56. The Balaban J connectivity index is 1.58. The summed E-state index contributed by atoms with van der Waals surface area (Å²) in [5, 5.41) is 2.58. The Hall–Kier alpha value is -3.16. The first-order valence-corrected chi connectivity index (χ1v) is 8.03. The van der Waals surface area contributed by atoms with Crippen molar-refractivity contribution in [1.29, 1.82) is 0 Å². The summed E-state index contributed by atoms with van der Waals surface area (Å²) in [6.45, 7) is 3.49. The highest BCUT2D eigenvalue weighted by Crippen LogP contribution is 2.23. The van der Waals surface area contributed by atoms with E-state index in [0.29, 0.717) is 19.7 Å². The lowest BCUT2D eigenvalue weighted by Gasteiger charge is -2.18. The van der Waals surface area contributed by atoms with Gasteiger partial charge in [-0.25, -0.2) is 14.8 Å². The summed E-state index contributed by atoms with van der Waals surface area (Å²) >= 11 is 0. The molecule has 1 saturated heterocycles. The second kappa shape index (κ2) is 7.61. The number of benzene rings is 1. The second-order valence-electron chi connectivity index (χ2n) is 5.40. The third-order valence-electron chi connectivity index (χ3n) is 3.71. The van der Waals surface area contributed by atoms with E-state index in [1.54, 1.807) is 11.0 Å². The third-order valence-corrected chi connectivity index (χ3v) is 3.71. The van der Waals surface area contributed by atoms with Crippen LogP contribution in [0.1, 0.15) is 6.92 Å². The van der Waals surface area contributed by atoms with Crippen LogP contribution in [0.5, 0.6) is 5.75 Å². The standard InChI is InChI=1S/C17H19N5O3/c1-2-25-14-6-4-13(5-7-14)22-11-10-21(17(22)24)12-15(23)20-16-18-8-3-9-19-16/h3-9H,2,10-12H2,1H3,(H,18,19,20,23). The van der Waals surface area contributed by atoms with Crippen molar-refractivity contribution in [1.82, 2.24) is 14.9 Å². The molecular formula is C17H19N5O3. The van der Waals surface area contributed by atoms with E-state index in [1.807, 2.05) is 31.2 Å². The van der Waals surface area contributed by atoms with Gasteiger partial charge in [-0.3, -0.25) is 15.0 Å². The third kappa shape index (κ3) is 4.03. The van der Waals surface area contributed by atoms with Crippen LogP contribution in [0.25, 0.3) is 0 Å². The van der Waals surface area contributed by atoms with Gasteiger partial charge in [-0.1, -0.05) is 0 Å². The smallest absolute Gasteiger partial charge is 0.325 e. The summed E-state index contributed by atoms with van der Waals surface area (Å²) in [5.41, 5.74) is 0.780. The van der Waals surface area contributed by atoms with E-state index in [2.05, 4.69) is 15.3 Å². The normalized spacial score (nSPS) is 13.9. The topological polar surface area (TPSA) is 87.7 Å². The maximum absolute atomic E-state index is 12.5. The first-order chi connectivity index (χ1) is 12.2. The fourth-order valence-corrected chi connectivity index (χ4v) is 2.56. The highest BCUT2D eigenvalue weighted by atomic mass is 16.5. The molecular weight excluding hydrogens is 322 g/mol. The van der Waals surface area contributed by atoms with E-state index in [0.717, 1.165) is 11.4 Å². The van der Waals surface area contributed by atoms with E-state index < -0.39 is 0 Å². The SMILES string of the molecule is CCOc1ccc(N2CCN(CC(=O)Nc3ncccn3)C2=O)cc1. The predicted molar refractivity (Wildman–Crippen MR) is 92.6 cm³/mol. The van der Waals surface area contributed by atoms with Crippen molar-refractivity contribution in [2.75, 3.05) is 36.5 Å². The number of carbonyl (C=O) groups is 2. The minimum absolute atomic E-state index is 0.0371. The Labute approximate surface area is 145 Å². The van der Waals surface area contributed by atoms with Gasteiger partial charge in [0.25, 0.3) is 0 Å². The van der Waals surface area contributed by atoms with Crippen LogP contribution in [-0.2, 0) is 4.79 Å². The summed E-state index contributed by atoms with van der Waals surface area (Å²) < 4.78 is 5.40. The van der Waals surface area contributed by atoms with Gasteiger partial charge in [0.05, 0.1) is 6.61 Å². The van der Waals surface area contributed by atoms with Crippen molar-refractivity contribution in [3.63, 3.8) is 0 Å². The number of nitrogens with one attached hydrogen (secondary N) is 1. The van der Waals surface area contributed by atoms with E-state index in [4.69, 9.17) is 4.74 Å². The Morgan fingerprint density at radius 2 is 1.92 bits per heavy atom. The second-order valence-corrected chi connectivity index (χ2v) is 5.40. The van der Waals surface area contributed by atoms with E-state index >= 15 is 0 Å². The average Bonchev–Trinajstić information content (AvgIpc) is 2.97. The van der Waals surface area contributed by atoms with Crippen molar-refractivity contribution in [2.45, 2.75) is 6.92 Å². The molecule has 2 heterocycles. The molecule has 0 bridgehead atoms. The van der Waals surface area contributed by atoms with Crippen LogP contribution < -0.4 is 15.0 Å². The fraction of sp³-hybridized carbons (Fsp3) is 0.294. The van der Waals surface area contributed by atoms with Gasteiger partial charge in [0.15, 0.2) is 0 Å². The summed E-state index contributed by atoms with van der Waals surface area (Å²) in [6.07, 6.45) is 3.08. The molecule has 1 aliphatic rings. The Kier molecular flexibility index (Phi) is 5.08. The maximum atomic E-state index is 12.5. The van der Waals surface area contributed by atoms with Gasteiger partial charge < -0.3 is 9.64 Å². The molecule has 0 radical (unpaired) electrons. The summed E-state index contributed by atoms with van der Waals surface area (Å²) in [4.78, 5) is 35.6. The number of hydrogen-bond acceptors (Lipinski definition) is 5. The van der Waals surface area contributed by atoms with Crippen LogP contribution in [0.4, 0.5) is 16.4 Å².